The molecular weight excluding hydrogens is 289 g/mol. The average Bonchev–Trinajstić information content (AvgIpc) is 2.43. The molecule has 2 aromatic carbocycles. The normalized spacial score (nSPS) is 10.4. The van der Waals surface area contributed by atoms with E-state index in [-0.39, 0.29) is 12.4 Å². The summed E-state index contributed by atoms with van der Waals surface area (Å²) in [5.41, 5.74) is 5.28. The number of nitrogens with one attached hydrogen (secondary N) is 1. The topological polar surface area (TPSA) is 4.44 Å². The molecule has 0 saturated carbocycles. The molecule has 2 aromatic rings. The summed E-state index contributed by atoms with van der Waals surface area (Å²) in [5.74, 6) is 0. The Labute approximate surface area is 133 Å². The number of aryl methyl sites for hydroxylation is 2. The quantitative estimate of drug-likeness (QED) is 0.590. The molecule has 108 valence electrons. The highest BCUT2D eigenvalue weighted by atomic mass is 35.5. The Balaban J connectivity index is 0.00000200. The van der Waals surface area contributed by atoms with Crippen molar-refractivity contribution in [2.24, 2.45) is 0 Å². The van der Waals surface area contributed by atoms with Crippen LogP contribution in [-0.4, -0.2) is 6.00 Å². The number of hydrogen-bond acceptors (Lipinski definition) is 0. The van der Waals surface area contributed by atoms with Crippen molar-refractivity contribution >= 4 is 11.6 Å². The van der Waals surface area contributed by atoms with E-state index < -0.39 is 0 Å². The van der Waals surface area contributed by atoms with Crippen LogP contribution in [-0.2, 0) is 13.1 Å². The van der Waals surface area contributed by atoms with Crippen LogP contribution in [0.4, 0.5) is 0 Å². The predicted molar refractivity (Wildman–Crippen MR) is 81.4 cm³/mol. The van der Waals surface area contributed by atoms with E-state index in [2.05, 4.69) is 62.4 Å². The van der Waals surface area contributed by atoms with Crippen molar-refractivity contribution in [2.45, 2.75) is 26.9 Å². The standard InChI is InChI=1S/C17H20ClN.ClH/c1-14-3-7-16(8-4-14)11-19(13-18)12-17-9-5-15(2)6-10-17;/h3-10H,11-13H2,1-2H3;1H. The van der Waals surface area contributed by atoms with Gasteiger partial charge in [-0.2, -0.15) is 0 Å². The van der Waals surface area contributed by atoms with Gasteiger partial charge >= 0.3 is 0 Å². The van der Waals surface area contributed by atoms with Crippen molar-refractivity contribution in [1.29, 1.82) is 0 Å². The van der Waals surface area contributed by atoms with Crippen molar-refractivity contribution in [3.8, 4) is 0 Å². The summed E-state index contributed by atoms with van der Waals surface area (Å²) in [4.78, 5) is 1.37. The zero-order chi connectivity index (χ0) is 13.7. The third kappa shape index (κ3) is 5.16. The minimum atomic E-state index is 0. The highest BCUT2D eigenvalue weighted by Crippen LogP contribution is 2.03. The van der Waals surface area contributed by atoms with Gasteiger partial charge in [-0.15, -0.1) is 0 Å². The lowest BCUT2D eigenvalue weighted by molar-refractivity contribution is -0.916. The number of quaternary nitrogens is 1. The Morgan fingerprint density at radius 1 is 0.750 bits per heavy atom. The first kappa shape index (κ1) is 17.0. The van der Waals surface area contributed by atoms with E-state index >= 15 is 0 Å². The molecule has 3 heteroatoms. The van der Waals surface area contributed by atoms with Crippen molar-refractivity contribution in [3.63, 3.8) is 0 Å². The molecule has 2 rings (SSSR count). The van der Waals surface area contributed by atoms with E-state index in [1.165, 1.54) is 27.2 Å². The molecule has 0 unspecified atom stereocenters. The predicted octanol–water partition coefficient (Wildman–Crippen LogP) is 0.0888. The fraction of sp³-hybridized carbons (Fsp3) is 0.294. The van der Waals surface area contributed by atoms with Crippen LogP contribution in [0.25, 0.3) is 0 Å². The van der Waals surface area contributed by atoms with E-state index in [1.807, 2.05) is 0 Å². The maximum absolute atomic E-state index is 6.09. The Morgan fingerprint density at radius 3 is 1.40 bits per heavy atom. The third-order valence-corrected chi connectivity index (χ3v) is 3.72. The van der Waals surface area contributed by atoms with Gasteiger partial charge in [-0.1, -0.05) is 71.3 Å². The number of halogens is 2. The van der Waals surface area contributed by atoms with Crippen LogP contribution in [0, 0.1) is 13.8 Å². The van der Waals surface area contributed by atoms with Crippen molar-refractivity contribution in [1.82, 2.24) is 0 Å². The summed E-state index contributed by atoms with van der Waals surface area (Å²) in [7, 11) is 0. The summed E-state index contributed by atoms with van der Waals surface area (Å²) in [6.45, 7) is 6.17. The average molecular weight is 310 g/mol. The molecule has 0 amide bonds. The number of rotatable bonds is 5. The van der Waals surface area contributed by atoms with E-state index in [4.69, 9.17) is 11.6 Å². The van der Waals surface area contributed by atoms with Gasteiger partial charge in [0.2, 0.25) is 0 Å². The van der Waals surface area contributed by atoms with Gasteiger partial charge in [0.15, 0.2) is 6.00 Å². The minimum Gasteiger partial charge on any atom is -1.00 e. The molecule has 0 aromatic heterocycles. The second-order valence-electron chi connectivity index (χ2n) is 5.21. The molecule has 1 N–H and O–H groups in total. The van der Waals surface area contributed by atoms with E-state index in [0.717, 1.165) is 13.1 Å². The van der Waals surface area contributed by atoms with Crippen LogP contribution in [0.5, 0.6) is 0 Å². The number of benzene rings is 2. The number of alkyl halides is 1. The lowest BCUT2D eigenvalue weighted by atomic mass is 10.1. The first-order chi connectivity index (χ1) is 9.17. The van der Waals surface area contributed by atoms with Gasteiger partial charge in [0, 0.05) is 11.1 Å². The van der Waals surface area contributed by atoms with Gasteiger partial charge in [0.05, 0.1) is 0 Å². The first-order valence-corrected chi connectivity index (χ1v) is 7.21. The Kier molecular flexibility index (Phi) is 7.08. The Morgan fingerprint density at radius 2 is 1.10 bits per heavy atom. The van der Waals surface area contributed by atoms with E-state index in [9.17, 15) is 0 Å². The first-order valence-electron chi connectivity index (χ1n) is 6.68. The second kappa shape index (κ2) is 8.31. The summed E-state index contributed by atoms with van der Waals surface area (Å²) in [5, 5.41) is 0. The second-order valence-corrected chi connectivity index (χ2v) is 5.48. The van der Waals surface area contributed by atoms with Gasteiger partial charge < -0.3 is 17.3 Å². The van der Waals surface area contributed by atoms with Crippen LogP contribution < -0.4 is 17.3 Å². The Bertz CT molecular complexity index is 458. The molecule has 20 heavy (non-hydrogen) atoms. The molecule has 0 fully saturated rings. The van der Waals surface area contributed by atoms with Crippen LogP contribution in [0.1, 0.15) is 22.3 Å². The summed E-state index contributed by atoms with van der Waals surface area (Å²) < 4.78 is 0. The lowest BCUT2D eigenvalue weighted by Crippen LogP contribution is -3.08. The van der Waals surface area contributed by atoms with Crippen molar-refractivity contribution in [3.05, 3.63) is 70.8 Å². The fourth-order valence-electron chi connectivity index (χ4n) is 2.15. The van der Waals surface area contributed by atoms with E-state index in [0.29, 0.717) is 6.00 Å². The lowest BCUT2D eigenvalue weighted by Gasteiger charge is -2.17. The molecule has 0 aliphatic carbocycles. The van der Waals surface area contributed by atoms with Gasteiger partial charge in [0.25, 0.3) is 0 Å². The maximum atomic E-state index is 6.09. The van der Waals surface area contributed by atoms with Crippen LogP contribution >= 0.6 is 11.6 Å². The monoisotopic (exact) mass is 309 g/mol. The summed E-state index contributed by atoms with van der Waals surface area (Å²) in [6.07, 6.45) is 0. The van der Waals surface area contributed by atoms with Crippen LogP contribution in [0.15, 0.2) is 48.5 Å². The highest BCUT2D eigenvalue weighted by Gasteiger charge is 2.09. The van der Waals surface area contributed by atoms with Crippen molar-refractivity contribution in [2.75, 3.05) is 6.00 Å². The third-order valence-electron chi connectivity index (χ3n) is 3.34. The molecule has 0 aliphatic rings. The SMILES string of the molecule is Cc1ccc(C[NH+](CCl)Cc2ccc(C)cc2)cc1.[Cl-]. The molecule has 0 atom stereocenters. The molecule has 0 aliphatic heterocycles. The molecule has 0 heterocycles. The van der Waals surface area contributed by atoms with Crippen molar-refractivity contribution < 1.29 is 17.3 Å². The molecular formula is C17H21Cl2N. The van der Waals surface area contributed by atoms with Gasteiger partial charge in [0.1, 0.15) is 13.1 Å². The highest BCUT2D eigenvalue weighted by molar-refractivity contribution is 6.16. The zero-order valence-electron chi connectivity index (χ0n) is 12.0. The van der Waals surface area contributed by atoms with Crippen LogP contribution in [0.2, 0.25) is 0 Å². The van der Waals surface area contributed by atoms with Crippen LogP contribution in [0.3, 0.4) is 0 Å². The zero-order valence-corrected chi connectivity index (χ0v) is 13.5. The minimum absolute atomic E-state index is 0. The van der Waals surface area contributed by atoms with Gasteiger partial charge in [-0.3, -0.25) is 0 Å². The van der Waals surface area contributed by atoms with Gasteiger partial charge in [-0.05, 0) is 13.8 Å². The summed E-state index contributed by atoms with van der Waals surface area (Å²) in [6, 6.07) is 18.0. The smallest absolute Gasteiger partial charge is 0.153 e. The summed E-state index contributed by atoms with van der Waals surface area (Å²) >= 11 is 6.09. The Hall–Kier alpha value is -1.02. The maximum Gasteiger partial charge on any atom is 0.153 e. The largest absolute Gasteiger partial charge is 1.00 e. The molecule has 0 radical (unpaired) electrons. The molecule has 1 nitrogen and oxygen atoms in total. The molecule has 0 spiro atoms. The molecule has 0 saturated heterocycles. The number of hydrogen-bond donors (Lipinski definition) is 1. The van der Waals surface area contributed by atoms with E-state index in [1.54, 1.807) is 0 Å². The molecule has 0 bridgehead atoms. The fourth-order valence-corrected chi connectivity index (χ4v) is 2.34. The van der Waals surface area contributed by atoms with Gasteiger partial charge in [-0.25, -0.2) is 0 Å².